The maximum Gasteiger partial charge on any atom is 0.417 e. The Morgan fingerprint density at radius 1 is 1.15 bits per heavy atom. The molecule has 0 spiro atoms. The van der Waals surface area contributed by atoms with Gasteiger partial charge in [-0.05, 0) is 29.8 Å². The van der Waals surface area contributed by atoms with Gasteiger partial charge in [-0.2, -0.15) is 4.31 Å². The summed E-state index contributed by atoms with van der Waals surface area (Å²) in [6.45, 7) is 0.543. The minimum Gasteiger partial charge on any atom is -0.408 e. The largest absolute Gasteiger partial charge is 0.417 e. The summed E-state index contributed by atoms with van der Waals surface area (Å²) in [6, 6.07) is 10.0. The fourth-order valence-electron chi connectivity index (χ4n) is 2.96. The summed E-state index contributed by atoms with van der Waals surface area (Å²) in [5, 5.41) is 0. The molecule has 0 aliphatic carbocycles. The van der Waals surface area contributed by atoms with Crippen LogP contribution in [0.1, 0.15) is 11.7 Å². The number of aromatic nitrogens is 1. The first kappa shape index (κ1) is 17.0. The lowest BCUT2D eigenvalue weighted by Gasteiger charge is -2.32. The quantitative estimate of drug-likeness (QED) is 0.753. The molecule has 9 heteroatoms. The number of halogens is 1. The molecule has 0 radical (unpaired) electrons. The van der Waals surface area contributed by atoms with Crippen molar-refractivity contribution in [2.75, 3.05) is 19.7 Å². The zero-order valence-corrected chi connectivity index (χ0v) is 14.3. The Hall–Kier alpha value is -2.49. The van der Waals surface area contributed by atoms with E-state index in [4.69, 9.17) is 9.15 Å². The van der Waals surface area contributed by atoms with Crippen LogP contribution in [-0.2, 0) is 14.8 Å². The molecule has 2 heterocycles. The number of H-pyrrole nitrogens is 1. The van der Waals surface area contributed by atoms with Crippen LogP contribution in [-0.4, -0.2) is 37.4 Å². The third kappa shape index (κ3) is 3.05. The minimum absolute atomic E-state index is 0.0347. The lowest BCUT2D eigenvalue weighted by molar-refractivity contribution is -0.00258. The third-order valence-corrected chi connectivity index (χ3v) is 6.16. The van der Waals surface area contributed by atoms with E-state index in [9.17, 15) is 17.6 Å². The molecule has 1 unspecified atom stereocenters. The van der Waals surface area contributed by atoms with E-state index >= 15 is 0 Å². The molecule has 0 amide bonds. The topological polar surface area (TPSA) is 92.6 Å². The Kier molecular flexibility index (Phi) is 4.14. The van der Waals surface area contributed by atoms with Gasteiger partial charge in [0.15, 0.2) is 5.58 Å². The van der Waals surface area contributed by atoms with Crippen LogP contribution in [0.3, 0.4) is 0 Å². The lowest BCUT2D eigenvalue weighted by Crippen LogP contribution is -2.42. The number of rotatable bonds is 3. The summed E-state index contributed by atoms with van der Waals surface area (Å²) in [7, 11) is -3.79. The van der Waals surface area contributed by atoms with Crippen molar-refractivity contribution >= 4 is 21.1 Å². The van der Waals surface area contributed by atoms with Crippen LogP contribution in [0.2, 0.25) is 0 Å². The van der Waals surface area contributed by atoms with E-state index in [2.05, 4.69) is 4.98 Å². The first-order valence-electron chi connectivity index (χ1n) is 7.93. The van der Waals surface area contributed by atoms with Crippen molar-refractivity contribution in [1.29, 1.82) is 0 Å². The summed E-state index contributed by atoms with van der Waals surface area (Å²) in [4.78, 5) is 13.8. The van der Waals surface area contributed by atoms with Gasteiger partial charge in [-0.25, -0.2) is 17.6 Å². The molecular formula is C17H15FN2O5S. The number of hydrogen-bond donors (Lipinski definition) is 1. The number of hydrogen-bond acceptors (Lipinski definition) is 5. The smallest absolute Gasteiger partial charge is 0.408 e. The molecule has 4 rings (SSSR count). The third-order valence-electron chi connectivity index (χ3n) is 4.30. The normalized spacial score (nSPS) is 19.0. The number of benzene rings is 2. The van der Waals surface area contributed by atoms with Gasteiger partial charge in [0.1, 0.15) is 5.82 Å². The molecule has 2 aromatic carbocycles. The summed E-state index contributed by atoms with van der Waals surface area (Å²) < 4.78 is 50.9. The van der Waals surface area contributed by atoms with Gasteiger partial charge in [-0.1, -0.05) is 12.1 Å². The molecule has 1 saturated heterocycles. The number of nitrogens with zero attached hydrogens (tertiary/aromatic N) is 1. The molecular weight excluding hydrogens is 363 g/mol. The van der Waals surface area contributed by atoms with Crippen molar-refractivity contribution in [1.82, 2.24) is 9.29 Å². The fourth-order valence-corrected chi connectivity index (χ4v) is 4.40. The maximum absolute atomic E-state index is 13.1. The molecule has 136 valence electrons. The molecule has 7 nitrogen and oxygen atoms in total. The number of oxazole rings is 1. The van der Waals surface area contributed by atoms with Gasteiger partial charge < -0.3 is 9.15 Å². The van der Waals surface area contributed by atoms with Gasteiger partial charge in [0.2, 0.25) is 10.0 Å². The highest BCUT2D eigenvalue weighted by atomic mass is 32.2. The number of sulfonamides is 1. The van der Waals surface area contributed by atoms with Crippen molar-refractivity contribution in [3.63, 3.8) is 0 Å². The summed E-state index contributed by atoms with van der Waals surface area (Å²) in [5.41, 5.74) is 1.32. The van der Waals surface area contributed by atoms with E-state index in [1.54, 1.807) is 12.1 Å². The molecule has 0 bridgehead atoms. The second-order valence-corrected chi connectivity index (χ2v) is 7.88. The number of aromatic amines is 1. The van der Waals surface area contributed by atoms with Gasteiger partial charge in [0.05, 0.1) is 23.1 Å². The number of fused-ring (bicyclic) bond motifs is 1. The lowest BCUT2D eigenvalue weighted by atomic mass is 10.1. The molecule has 1 aliphatic heterocycles. The average molecular weight is 378 g/mol. The van der Waals surface area contributed by atoms with Crippen molar-refractivity contribution < 1.29 is 22.0 Å². The molecule has 1 N–H and O–H groups in total. The van der Waals surface area contributed by atoms with Crippen LogP contribution in [0.4, 0.5) is 4.39 Å². The SMILES string of the molecule is O=c1[nH]c2ccc(S(=O)(=O)N3CCOC(c4ccc(F)cc4)C3)cc2o1. The van der Waals surface area contributed by atoms with Gasteiger partial charge in [-0.15, -0.1) is 0 Å². The van der Waals surface area contributed by atoms with Gasteiger partial charge in [0.25, 0.3) is 0 Å². The predicted octanol–water partition coefficient (Wildman–Crippen LogP) is 2.02. The van der Waals surface area contributed by atoms with E-state index in [1.165, 1.54) is 34.6 Å². The second-order valence-electron chi connectivity index (χ2n) is 5.95. The Balaban J connectivity index is 1.63. The molecule has 3 aromatic rings. The van der Waals surface area contributed by atoms with E-state index in [-0.39, 0.29) is 36.0 Å². The van der Waals surface area contributed by atoms with Gasteiger partial charge >= 0.3 is 5.76 Å². The fraction of sp³-hybridized carbons (Fsp3) is 0.235. The minimum atomic E-state index is -3.79. The van der Waals surface area contributed by atoms with Gasteiger partial charge in [-0.3, -0.25) is 4.98 Å². The highest BCUT2D eigenvalue weighted by Crippen LogP contribution is 2.27. The summed E-state index contributed by atoms with van der Waals surface area (Å²) in [5.74, 6) is -1.01. The van der Waals surface area contributed by atoms with Crippen LogP contribution >= 0.6 is 0 Å². The van der Waals surface area contributed by atoms with Crippen LogP contribution in [0.25, 0.3) is 11.1 Å². The van der Waals surface area contributed by atoms with Crippen molar-refractivity contribution in [3.05, 3.63) is 64.4 Å². The molecule has 1 aromatic heterocycles. The summed E-state index contributed by atoms with van der Waals surface area (Å²) >= 11 is 0. The molecule has 0 saturated carbocycles. The first-order chi connectivity index (χ1) is 12.4. The number of ether oxygens (including phenoxy) is 1. The molecule has 1 fully saturated rings. The Labute approximate surface area is 148 Å². The van der Waals surface area contributed by atoms with Crippen LogP contribution < -0.4 is 5.76 Å². The zero-order valence-electron chi connectivity index (χ0n) is 13.5. The monoisotopic (exact) mass is 378 g/mol. The Bertz CT molecular complexity index is 1100. The van der Waals surface area contributed by atoms with Crippen molar-refractivity contribution in [2.24, 2.45) is 0 Å². The van der Waals surface area contributed by atoms with Crippen LogP contribution in [0.5, 0.6) is 0 Å². The van der Waals surface area contributed by atoms with E-state index in [1.807, 2.05) is 0 Å². The van der Waals surface area contributed by atoms with Crippen molar-refractivity contribution in [3.8, 4) is 0 Å². The zero-order chi connectivity index (χ0) is 18.3. The maximum atomic E-state index is 13.1. The van der Waals surface area contributed by atoms with E-state index in [0.29, 0.717) is 11.1 Å². The van der Waals surface area contributed by atoms with Crippen molar-refractivity contribution in [2.45, 2.75) is 11.0 Å². The Morgan fingerprint density at radius 2 is 1.92 bits per heavy atom. The molecule has 1 aliphatic rings. The molecule has 1 atom stereocenters. The first-order valence-corrected chi connectivity index (χ1v) is 9.37. The standard InChI is InChI=1S/C17H15FN2O5S/c18-12-3-1-11(2-4-12)16-10-20(7-8-24-16)26(22,23)13-5-6-14-15(9-13)25-17(21)19-14/h1-6,9,16H,7-8,10H2,(H,19,21). The molecule has 26 heavy (non-hydrogen) atoms. The highest BCUT2D eigenvalue weighted by Gasteiger charge is 2.32. The van der Waals surface area contributed by atoms with Crippen LogP contribution in [0.15, 0.2) is 56.6 Å². The second kappa shape index (κ2) is 6.35. The van der Waals surface area contributed by atoms with Gasteiger partial charge in [0, 0.05) is 19.2 Å². The highest BCUT2D eigenvalue weighted by molar-refractivity contribution is 7.89. The average Bonchev–Trinajstić information content (AvgIpc) is 3.01. The number of nitrogens with one attached hydrogen (secondary N) is 1. The van der Waals surface area contributed by atoms with E-state index in [0.717, 1.165) is 0 Å². The number of morpholine rings is 1. The van der Waals surface area contributed by atoms with Crippen LogP contribution in [0, 0.1) is 5.82 Å². The summed E-state index contributed by atoms with van der Waals surface area (Å²) in [6.07, 6.45) is -0.479. The predicted molar refractivity (Wildman–Crippen MR) is 90.7 cm³/mol. The van der Waals surface area contributed by atoms with E-state index < -0.39 is 21.9 Å². The Morgan fingerprint density at radius 3 is 2.69 bits per heavy atom.